The lowest BCUT2D eigenvalue weighted by Crippen LogP contribution is -2.28. The summed E-state index contributed by atoms with van der Waals surface area (Å²) in [6.07, 6.45) is 0.583. The third-order valence-corrected chi connectivity index (χ3v) is 3.59. The van der Waals surface area contributed by atoms with Crippen LogP contribution in [0, 0.1) is 13.8 Å². The summed E-state index contributed by atoms with van der Waals surface area (Å²) >= 11 is 0. The molecule has 0 saturated heterocycles. The van der Waals surface area contributed by atoms with Crippen LogP contribution in [-0.2, 0) is 6.54 Å². The molecule has 0 bridgehead atoms. The molecule has 120 valence electrons. The predicted octanol–water partition coefficient (Wildman–Crippen LogP) is 0.948. The zero-order chi connectivity index (χ0) is 16.4. The van der Waals surface area contributed by atoms with Crippen molar-refractivity contribution in [3.8, 4) is 5.75 Å². The molecule has 0 unspecified atom stereocenters. The Kier molecular flexibility index (Phi) is 4.12. The van der Waals surface area contributed by atoms with Gasteiger partial charge in [0.15, 0.2) is 0 Å². The average Bonchev–Trinajstić information content (AvgIpc) is 3.01. The van der Waals surface area contributed by atoms with Crippen LogP contribution >= 0.6 is 0 Å². The second-order valence-corrected chi connectivity index (χ2v) is 5.48. The predicted molar refractivity (Wildman–Crippen MR) is 84.7 cm³/mol. The zero-order valence-electron chi connectivity index (χ0n) is 13.0. The SMILES string of the molecule is Cc1ccc(OC[C@H](O)Cn2c(C)cc(=O)n3ncnc23)cc1. The molecular weight excluding hydrogens is 296 g/mol. The largest absolute Gasteiger partial charge is 0.491 e. The van der Waals surface area contributed by atoms with Crippen LogP contribution in [0.2, 0.25) is 0 Å². The number of hydrogen-bond acceptors (Lipinski definition) is 5. The number of aliphatic hydroxyl groups is 1. The van der Waals surface area contributed by atoms with Crippen molar-refractivity contribution >= 4 is 5.78 Å². The van der Waals surface area contributed by atoms with Crippen molar-refractivity contribution in [1.82, 2.24) is 19.2 Å². The van der Waals surface area contributed by atoms with Crippen LogP contribution in [0.3, 0.4) is 0 Å². The molecule has 7 heteroatoms. The second kappa shape index (κ2) is 6.21. The fourth-order valence-corrected chi connectivity index (χ4v) is 2.37. The minimum atomic E-state index is -0.738. The molecule has 0 saturated carbocycles. The Hall–Kier alpha value is -2.67. The van der Waals surface area contributed by atoms with E-state index < -0.39 is 6.10 Å². The summed E-state index contributed by atoms with van der Waals surface area (Å²) in [7, 11) is 0. The van der Waals surface area contributed by atoms with Gasteiger partial charge in [-0.25, -0.2) is 0 Å². The van der Waals surface area contributed by atoms with Crippen LogP contribution in [0.15, 0.2) is 41.5 Å². The first kappa shape index (κ1) is 15.2. The maximum atomic E-state index is 11.8. The molecule has 0 fully saturated rings. The van der Waals surface area contributed by atoms with E-state index in [-0.39, 0.29) is 18.7 Å². The van der Waals surface area contributed by atoms with Crippen molar-refractivity contribution in [3.63, 3.8) is 0 Å². The highest BCUT2D eigenvalue weighted by Crippen LogP contribution is 2.12. The van der Waals surface area contributed by atoms with Gasteiger partial charge in [-0.15, -0.1) is 0 Å². The van der Waals surface area contributed by atoms with Crippen molar-refractivity contribution in [2.75, 3.05) is 6.61 Å². The summed E-state index contributed by atoms with van der Waals surface area (Å²) in [5.74, 6) is 1.11. The Balaban J connectivity index is 1.73. The average molecular weight is 314 g/mol. The monoisotopic (exact) mass is 314 g/mol. The molecule has 0 spiro atoms. The quantitative estimate of drug-likeness (QED) is 0.758. The molecule has 3 rings (SSSR count). The fraction of sp³-hybridized carbons (Fsp3) is 0.312. The van der Waals surface area contributed by atoms with Gasteiger partial charge in [0.05, 0.1) is 6.54 Å². The van der Waals surface area contributed by atoms with Crippen molar-refractivity contribution in [1.29, 1.82) is 0 Å². The van der Waals surface area contributed by atoms with E-state index in [1.54, 1.807) is 11.5 Å². The van der Waals surface area contributed by atoms with Crippen LogP contribution in [0.1, 0.15) is 11.3 Å². The molecule has 3 aromatic rings. The topological polar surface area (TPSA) is 81.7 Å². The van der Waals surface area contributed by atoms with Gasteiger partial charge in [-0.3, -0.25) is 4.79 Å². The molecular formula is C16H18N4O3. The van der Waals surface area contributed by atoms with Gasteiger partial charge in [0.2, 0.25) is 5.78 Å². The summed E-state index contributed by atoms with van der Waals surface area (Å²) in [6, 6.07) is 9.10. The number of fused-ring (bicyclic) bond motifs is 1. The molecule has 0 aliphatic rings. The lowest BCUT2D eigenvalue weighted by Gasteiger charge is -2.16. The highest BCUT2D eigenvalue weighted by atomic mass is 16.5. The number of aryl methyl sites for hydroxylation is 2. The molecule has 1 atom stereocenters. The van der Waals surface area contributed by atoms with Crippen LogP contribution < -0.4 is 10.3 Å². The van der Waals surface area contributed by atoms with Crippen LogP contribution in [0.5, 0.6) is 5.75 Å². The smallest absolute Gasteiger partial charge is 0.275 e. The van der Waals surface area contributed by atoms with Crippen molar-refractivity contribution in [2.24, 2.45) is 0 Å². The Morgan fingerprint density at radius 1 is 1.26 bits per heavy atom. The van der Waals surface area contributed by atoms with Crippen molar-refractivity contribution < 1.29 is 9.84 Å². The Bertz CT molecular complexity index is 867. The third kappa shape index (κ3) is 3.24. The zero-order valence-corrected chi connectivity index (χ0v) is 13.0. The number of hydrogen-bond donors (Lipinski definition) is 1. The van der Waals surface area contributed by atoms with Gasteiger partial charge in [-0.05, 0) is 26.0 Å². The van der Waals surface area contributed by atoms with E-state index in [0.29, 0.717) is 17.2 Å². The number of benzene rings is 1. The number of aromatic nitrogens is 4. The van der Waals surface area contributed by atoms with E-state index in [1.807, 2.05) is 31.2 Å². The van der Waals surface area contributed by atoms with E-state index in [0.717, 1.165) is 5.56 Å². The van der Waals surface area contributed by atoms with Gasteiger partial charge in [-0.1, -0.05) is 17.7 Å². The summed E-state index contributed by atoms with van der Waals surface area (Å²) < 4.78 is 8.54. The molecule has 2 heterocycles. The first-order valence-corrected chi connectivity index (χ1v) is 7.32. The van der Waals surface area contributed by atoms with Gasteiger partial charge in [0.25, 0.3) is 5.56 Å². The van der Waals surface area contributed by atoms with Crippen LogP contribution in [-0.4, -0.2) is 37.0 Å². The Morgan fingerprint density at radius 2 is 2.00 bits per heavy atom. The molecule has 7 nitrogen and oxygen atoms in total. The first-order valence-electron chi connectivity index (χ1n) is 7.32. The lowest BCUT2D eigenvalue weighted by atomic mass is 10.2. The summed E-state index contributed by atoms with van der Waals surface area (Å²) in [4.78, 5) is 15.9. The van der Waals surface area contributed by atoms with E-state index in [2.05, 4.69) is 10.1 Å². The standard InChI is InChI=1S/C16H18N4O3/c1-11-3-5-14(6-4-11)23-9-13(21)8-19-12(2)7-15(22)20-16(19)17-10-18-20/h3-7,10,13,21H,8-9H2,1-2H3/t13-/m1/s1. The molecule has 0 radical (unpaired) electrons. The number of nitrogens with zero attached hydrogens (tertiary/aromatic N) is 4. The highest BCUT2D eigenvalue weighted by molar-refractivity contribution is 5.29. The summed E-state index contributed by atoms with van der Waals surface area (Å²) in [5.41, 5.74) is 1.62. The van der Waals surface area contributed by atoms with Crippen molar-refractivity contribution in [2.45, 2.75) is 26.5 Å². The lowest BCUT2D eigenvalue weighted by molar-refractivity contribution is 0.0925. The minimum Gasteiger partial charge on any atom is -0.491 e. The minimum absolute atomic E-state index is 0.148. The van der Waals surface area contributed by atoms with Gasteiger partial charge in [0.1, 0.15) is 24.8 Å². The van der Waals surface area contributed by atoms with E-state index >= 15 is 0 Å². The first-order chi connectivity index (χ1) is 11.0. The number of aliphatic hydroxyl groups excluding tert-OH is 1. The van der Waals surface area contributed by atoms with Crippen LogP contribution in [0.25, 0.3) is 5.78 Å². The van der Waals surface area contributed by atoms with Crippen LogP contribution in [0.4, 0.5) is 0 Å². The summed E-state index contributed by atoms with van der Waals surface area (Å²) in [6.45, 7) is 4.21. The van der Waals surface area contributed by atoms with Gasteiger partial charge in [-0.2, -0.15) is 14.6 Å². The second-order valence-electron chi connectivity index (χ2n) is 5.48. The van der Waals surface area contributed by atoms with E-state index in [4.69, 9.17) is 4.74 Å². The van der Waals surface area contributed by atoms with E-state index in [1.165, 1.54) is 16.9 Å². The summed E-state index contributed by atoms with van der Waals surface area (Å²) in [5, 5.41) is 14.1. The maximum Gasteiger partial charge on any atom is 0.275 e. The molecule has 0 aliphatic heterocycles. The highest BCUT2D eigenvalue weighted by Gasteiger charge is 2.13. The van der Waals surface area contributed by atoms with Crippen molar-refractivity contribution in [3.05, 3.63) is 58.3 Å². The van der Waals surface area contributed by atoms with E-state index in [9.17, 15) is 9.90 Å². The third-order valence-electron chi connectivity index (χ3n) is 3.59. The number of ether oxygens (including phenoxy) is 1. The Morgan fingerprint density at radius 3 is 2.74 bits per heavy atom. The Labute approximate surface area is 132 Å². The van der Waals surface area contributed by atoms with Gasteiger partial charge >= 0.3 is 0 Å². The fourth-order valence-electron chi connectivity index (χ4n) is 2.37. The maximum absolute atomic E-state index is 11.8. The molecule has 2 aromatic heterocycles. The molecule has 0 amide bonds. The molecule has 1 aromatic carbocycles. The molecule has 0 aliphatic carbocycles. The number of rotatable bonds is 5. The van der Waals surface area contributed by atoms with Gasteiger partial charge in [0, 0.05) is 11.8 Å². The normalized spacial score (nSPS) is 12.5. The molecule has 23 heavy (non-hydrogen) atoms. The van der Waals surface area contributed by atoms with Gasteiger partial charge < -0.3 is 14.4 Å². The molecule has 1 N–H and O–H groups in total.